The van der Waals surface area contributed by atoms with Gasteiger partial charge >= 0.3 is 0 Å². The van der Waals surface area contributed by atoms with Crippen molar-refractivity contribution in [1.82, 2.24) is 10.6 Å². The molecule has 2 heterocycles. The van der Waals surface area contributed by atoms with Crippen LogP contribution in [0.2, 0.25) is 5.02 Å². The fourth-order valence-corrected chi connectivity index (χ4v) is 3.21. The zero-order valence-corrected chi connectivity index (χ0v) is 17.1. The molecule has 8 heteroatoms. The Hall–Kier alpha value is -1.19. The smallest absolute Gasteiger partial charge is 0.191 e. The van der Waals surface area contributed by atoms with Gasteiger partial charge in [0.15, 0.2) is 17.5 Å². The Kier molecular flexibility index (Phi) is 7.44. The molecule has 2 aromatic rings. The molecule has 1 aromatic carbocycles. The first-order valence-corrected chi connectivity index (χ1v) is 8.62. The Labute approximate surface area is 167 Å². The van der Waals surface area contributed by atoms with Gasteiger partial charge in [-0.2, -0.15) is 11.3 Å². The maximum Gasteiger partial charge on any atom is 0.191 e. The largest absolute Gasteiger partial charge is 0.486 e. The van der Waals surface area contributed by atoms with E-state index in [9.17, 15) is 0 Å². The minimum atomic E-state index is 0. The first-order chi connectivity index (χ1) is 11.3. The fourth-order valence-electron chi connectivity index (χ4n) is 2.25. The molecule has 0 saturated heterocycles. The Bertz CT molecular complexity index is 695. The molecule has 1 aliphatic rings. The second-order valence-corrected chi connectivity index (χ2v) is 6.20. The molecule has 0 atom stereocenters. The molecule has 3 rings (SSSR count). The average molecular weight is 480 g/mol. The van der Waals surface area contributed by atoms with Crippen molar-refractivity contribution in [2.75, 3.05) is 20.3 Å². The van der Waals surface area contributed by atoms with Crippen LogP contribution in [0.5, 0.6) is 11.5 Å². The average Bonchev–Trinajstić information content (AvgIpc) is 3.08. The van der Waals surface area contributed by atoms with Crippen LogP contribution in [0.15, 0.2) is 34.0 Å². The van der Waals surface area contributed by atoms with Crippen LogP contribution in [0.4, 0.5) is 0 Å². The lowest BCUT2D eigenvalue weighted by atomic mass is 10.2. The maximum absolute atomic E-state index is 6.25. The molecular formula is C16H19ClIN3O2S. The van der Waals surface area contributed by atoms with E-state index in [1.165, 1.54) is 5.56 Å². The van der Waals surface area contributed by atoms with Crippen LogP contribution in [0, 0.1) is 0 Å². The highest BCUT2D eigenvalue weighted by Gasteiger charge is 2.16. The van der Waals surface area contributed by atoms with Crippen molar-refractivity contribution in [2.45, 2.75) is 13.1 Å². The summed E-state index contributed by atoms with van der Waals surface area (Å²) in [5.74, 6) is 2.06. The molecule has 0 saturated carbocycles. The second kappa shape index (κ2) is 9.33. The Morgan fingerprint density at radius 1 is 1.21 bits per heavy atom. The summed E-state index contributed by atoms with van der Waals surface area (Å²) in [7, 11) is 1.75. The summed E-state index contributed by atoms with van der Waals surface area (Å²) in [6, 6.07) is 5.92. The van der Waals surface area contributed by atoms with E-state index in [4.69, 9.17) is 21.1 Å². The number of ether oxygens (including phenoxy) is 2. The van der Waals surface area contributed by atoms with Gasteiger partial charge in [0.2, 0.25) is 0 Å². The minimum Gasteiger partial charge on any atom is -0.486 e. The number of thiophene rings is 1. The molecule has 1 aliphatic heterocycles. The molecular weight excluding hydrogens is 461 g/mol. The number of nitrogens with zero attached hydrogens (tertiary/aromatic N) is 1. The monoisotopic (exact) mass is 479 g/mol. The third-order valence-corrected chi connectivity index (χ3v) is 4.39. The molecule has 0 unspecified atom stereocenters. The number of hydrogen-bond acceptors (Lipinski definition) is 4. The molecule has 0 aliphatic carbocycles. The van der Waals surface area contributed by atoms with Crippen LogP contribution in [0.25, 0.3) is 0 Å². The number of hydrogen-bond donors (Lipinski definition) is 2. The maximum atomic E-state index is 6.25. The third-order valence-electron chi connectivity index (χ3n) is 3.38. The highest BCUT2D eigenvalue weighted by molar-refractivity contribution is 14.0. The molecule has 5 nitrogen and oxygen atoms in total. The standard InChI is InChI=1S/C16H18ClN3O2S.HI/c1-18-16(19-8-11-2-5-23-10-11)20-9-12-6-13(17)15-14(7-12)21-3-4-22-15;/h2,5-7,10H,3-4,8-9H2,1H3,(H2,18,19,20);1H. The summed E-state index contributed by atoms with van der Waals surface area (Å²) in [5, 5.41) is 11.3. The summed E-state index contributed by atoms with van der Waals surface area (Å²) in [6.07, 6.45) is 0. The lowest BCUT2D eigenvalue weighted by molar-refractivity contribution is 0.171. The van der Waals surface area contributed by atoms with Crippen molar-refractivity contribution in [3.8, 4) is 11.5 Å². The van der Waals surface area contributed by atoms with Gasteiger partial charge in [-0.05, 0) is 40.1 Å². The van der Waals surface area contributed by atoms with E-state index in [0.29, 0.717) is 36.3 Å². The topological polar surface area (TPSA) is 54.9 Å². The minimum absolute atomic E-state index is 0. The van der Waals surface area contributed by atoms with Crippen LogP contribution >= 0.6 is 46.9 Å². The van der Waals surface area contributed by atoms with Crippen LogP contribution in [-0.2, 0) is 13.1 Å². The van der Waals surface area contributed by atoms with Gasteiger partial charge in [0, 0.05) is 20.1 Å². The van der Waals surface area contributed by atoms with Crippen molar-refractivity contribution in [1.29, 1.82) is 0 Å². The SMILES string of the molecule is CN=C(NCc1ccsc1)NCc1cc(Cl)c2c(c1)OCCO2.I. The molecule has 0 spiro atoms. The molecule has 0 amide bonds. The van der Waals surface area contributed by atoms with Gasteiger partial charge < -0.3 is 20.1 Å². The van der Waals surface area contributed by atoms with E-state index in [0.717, 1.165) is 18.1 Å². The van der Waals surface area contributed by atoms with Gasteiger partial charge in [0.1, 0.15) is 13.2 Å². The first kappa shape index (κ1) is 19.1. The molecule has 1 aromatic heterocycles. The van der Waals surface area contributed by atoms with Crippen molar-refractivity contribution in [2.24, 2.45) is 4.99 Å². The van der Waals surface area contributed by atoms with E-state index >= 15 is 0 Å². The molecule has 0 fully saturated rings. The van der Waals surface area contributed by atoms with Crippen molar-refractivity contribution < 1.29 is 9.47 Å². The van der Waals surface area contributed by atoms with E-state index in [2.05, 4.69) is 32.5 Å². The Balaban J connectivity index is 0.00000208. The lowest BCUT2D eigenvalue weighted by Gasteiger charge is -2.20. The number of halogens is 2. The number of guanidine groups is 1. The molecule has 130 valence electrons. The molecule has 0 bridgehead atoms. The highest BCUT2D eigenvalue weighted by Crippen LogP contribution is 2.38. The summed E-state index contributed by atoms with van der Waals surface area (Å²) in [6.45, 7) is 2.41. The van der Waals surface area contributed by atoms with Crippen LogP contribution in [0.3, 0.4) is 0 Å². The Morgan fingerprint density at radius 2 is 1.96 bits per heavy atom. The van der Waals surface area contributed by atoms with E-state index in [1.54, 1.807) is 18.4 Å². The van der Waals surface area contributed by atoms with Crippen molar-refractivity contribution >= 4 is 52.9 Å². The summed E-state index contributed by atoms with van der Waals surface area (Å²) >= 11 is 7.93. The predicted molar refractivity (Wildman–Crippen MR) is 109 cm³/mol. The lowest BCUT2D eigenvalue weighted by Crippen LogP contribution is -2.36. The number of nitrogens with one attached hydrogen (secondary N) is 2. The van der Waals surface area contributed by atoms with Crippen molar-refractivity contribution in [3.63, 3.8) is 0 Å². The fraction of sp³-hybridized carbons (Fsp3) is 0.312. The quantitative estimate of drug-likeness (QED) is 0.399. The van der Waals surface area contributed by atoms with E-state index < -0.39 is 0 Å². The van der Waals surface area contributed by atoms with Gasteiger partial charge in [-0.15, -0.1) is 24.0 Å². The van der Waals surface area contributed by atoms with Crippen LogP contribution < -0.4 is 20.1 Å². The van der Waals surface area contributed by atoms with Crippen LogP contribution in [0.1, 0.15) is 11.1 Å². The summed E-state index contributed by atoms with van der Waals surface area (Å²) in [5.41, 5.74) is 2.25. The third kappa shape index (κ3) is 4.90. The van der Waals surface area contributed by atoms with Gasteiger partial charge in [0.25, 0.3) is 0 Å². The Morgan fingerprint density at radius 3 is 2.67 bits per heavy atom. The zero-order chi connectivity index (χ0) is 16.1. The van der Waals surface area contributed by atoms with Crippen LogP contribution in [-0.4, -0.2) is 26.2 Å². The van der Waals surface area contributed by atoms with Gasteiger partial charge in [0.05, 0.1) is 5.02 Å². The number of rotatable bonds is 4. The zero-order valence-electron chi connectivity index (χ0n) is 13.2. The van der Waals surface area contributed by atoms with E-state index in [1.807, 2.05) is 12.1 Å². The van der Waals surface area contributed by atoms with Gasteiger partial charge in [-0.25, -0.2) is 0 Å². The molecule has 0 radical (unpaired) electrons. The predicted octanol–water partition coefficient (Wildman–Crippen LogP) is 3.66. The van der Waals surface area contributed by atoms with Gasteiger partial charge in [-0.3, -0.25) is 4.99 Å². The number of aliphatic imine (C=N–C) groups is 1. The molecule has 2 N–H and O–H groups in total. The summed E-state index contributed by atoms with van der Waals surface area (Å²) < 4.78 is 11.1. The number of fused-ring (bicyclic) bond motifs is 1. The van der Waals surface area contributed by atoms with Crippen molar-refractivity contribution in [3.05, 3.63) is 45.1 Å². The first-order valence-electron chi connectivity index (χ1n) is 7.30. The number of benzene rings is 1. The normalized spacial score (nSPS) is 13.2. The summed E-state index contributed by atoms with van der Waals surface area (Å²) in [4.78, 5) is 4.22. The second-order valence-electron chi connectivity index (χ2n) is 5.01. The molecule has 24 heavy (non-hydrogen) atoms. The van der Waals surface area contributed by atoms with E-state index in [-0.39, 0.29) is 24.0 Å². The highest BCUT2D eigenvalue weighted by atomic mass is 127. The van der Waals surface area contributed by atoms with Gasteiger partial charge in [-0.1, -0.05) is 11.6 Å².